The van der Waals surface area contributed by atoms with Crippen LogP contribution < -0.4 is 5.32 Å². The first-order valence-electron chi connectivity index (χ1n) is 12.4. The van der Waals surface area contributed by atoms with E-state index >= 15 is 0 Å². The van der Waals surface area contributed by atoms with Gasteiger partial charge in [-0.3, -0.25) is 4.79 Å². The van der Waals surface area contributed by atoms with Gasteiger partial charge in [0.15, 0.2) is 9.84 Å². The minimum atomic E-state index is -4.19. The average molecular weight is 702 g/mol. The van der Waals surface area contributed by atoms with E-state index < -0.39 is 30.6 Å². The number of sulfonamides is 1. The third kappa shape index (κ3) is 6.15. The molecule has 0 aliphatic carbocycles. The van der Waals surface area contributed by atoms with Crippen molar-refractivity contribution in [2.45, 2.75) is 41.4 Å². The van der Waals surface area contributed by atoms with E-state index in [1.54, 1.807) is 6.92 Å². The molecule has 0 aromatic heterocycles. The van der Waals surface area contributed by atoms with Crippen molar-refractivity contribution < 1.29 is 56.2 Å². The smallest absolute Gasteiger partial charge is 0.246 e. The minimum Gasteiger partial charge on any atom is -0.507 e. The van der Waals surface area contributed by atoms with Crippen LogP contribution in [0, 0.1) is 0 Å². The fraction of sp³-hybridized carbons (Fsp3) is 0.296. The molecule has 4 aromatic carbocycles. The van der Waals surface area contributed by atoms with Gasteiger partial charge in [-0.2, -0.15) is 4.31 Å². The van der Waals surface area contributed by atoms with Crippen LogP contribution >= 0.6 is 0 Å². The molecule has 220 valence electrons. The molecule has 0 unspecified atom stereocenters. The predicted molar refractivity (Wildman–Crippen MR) is 153 cm³/mol. The van der Waals surface area contributed by atoms with Gasteiger partial charge in [-0.05, 0) is 41.2 Å². The standard InChI is InChI=1S/C27H29N2O8S3.Mo/c1-5-12-29(13-6-11-28-27(31)16(2)3)40(36,37)24-14-21(30)17-7-8-18-22(38(32)33)15-23(39(4,34)35)19-9-10-20(24)25(17)26(18)19;/h7-10,14-15,30H,2,5-6,11-13H2,1,3-4H3,(H,28,31);/q-1;. The van der Waals surface area contributed by atoms with Gasteiger partial charge in [0.2, 0.25) is 15.9 Å². The first kappa shape index (κ1) is 32.9. The summed E-state index contributed by atoms with van der Waals surface area (Å²) in [7, 11) is -10.9. The second-order valence-corrected chi connectivity index (χ2v) is 14.4. The molecule has 0 saturated heterocycles. The molecular weight excluding hydrogens is 672 g/mol. The molecule has 0 saturated carbocycles. The molecule has 0 bridgehead atoms. The Kier molecular flexibility index (Phi) is 9.92. The third-order valence-corrected chi connectivity index (χ3v) is 10.5. The average Bonchev–Trinajstić information content (AvgIpc) is 2.88. The van der Waals surface area contributed by atoms with Gasteiger partial charge in [0.05, 0.1) is 9.79 Å². The van der Waals surface area contributed by atoms with E-state index in [9.17, 15) is 35.2 Å². The van der Waals surface area contributed by atoms with E-state index in [0.29, 0.717) is 18.4 Å². The van der Waals surface area contributed by atoms with E-state index in [2.05, 4.69) is 11.9 Å². The SMILES string of the molecule is C=C(C)C(=O)NCCCN(CCC)S(=O)(=O)c1cc(O)c2ccc3c([S-](=O)=O)cc(S(C)(=O)=O)c4ccc1c2c34.[Mo]. The molecule has 1 amide bonds. The van der Waals surface area contributed by atoms with Gasteiger partial charge in [-0.15, -0.1) is 0 Å². The Morgan fingerprint density at radius 3 is 2.07 bits per heavy atom. The van der Waals surface area contributed by atoms with Gasteiger partial charge in [-0.1, -0.05) is 48.7 Å². The van der Waals surface area contributed by atoms with Gasteiger partial charge in [-0.25, -0.2) is 16.8 Å². The number of phenols is 1. The first-order valence-corrected chi connectivity index (χ1v) is 16.8. The third-order valence-electron chi connectivity index (χ3n) is 6.69. The zero-order valence-electron chi connectivity index (χ0n) is 22.6. The van der Waals surface area contributed by atoms with Crippen molar-refractivity contribution in [1.82, 2.24) is 9.62 Å². The summed E-state index contributed by atoms with van der Waals surface area (Å²) in [5.41, 5.74) is 0.338. The summed E-state index contributed by atoms with van der Waals surface area (Å²) < 4.78 is 78.7. The summed E-state index contributed by atoms with van der Waals surface area (Å²) in [6.07, 6.45) is 1.80. The Morgan fingerprint density at radius 1 is 0.951 bits per heavy atom. The maximum absolute atomic E-state index is 14.0. The van der Waals surface area contributed by atoms with Gasteiger partial charge < -0.3 is 18.8 Å². The second-order valence-electron chi connectivity index (χ2n) is 9.64. The fourth-order valence-corrected chi connectivity index (χ4v) is 8.21. The summed E-state index contributed by atoms with van der Waals surface area (Å²) >= 11 is 0. The Balaban J connectivity index is 0.00000462. The number of carbonyl (C=O) groups is 1. The number of nitrogens with one attached hydrogen (secondary N) is 1. The van der Waals surface area contributed by atoms with Crippen LogP contribution in [0.15, 0.2) is 63.2 Å². The van der Waals surface area contributed by atoms with E-state index in [1.807, 2.05) is 6.92 Å². The maximum atomic E-state index is 14.0. The van der Waals surface area contributed by atoms with Crippen LogP contribution in [0.5, 0.6) is 5.75 Å². The largest absolute Gasteiger partial charge is 0.507 e. The van der Waals surface area contributed by atoms with Crippen molar-refractivity contribution in [3.63, 3.8) is 0 Å². The van der Waals surface area contributed by atoms with E-state index in [4.69, 9.17) is 0 Å². The molecule has 0 aliphatic heterocycles. The molecule has 0 heterocycles. The Bertz CT molecular complexity index is 1960. The van der Waals surface area contributed by atoms with Gasteiger partial charge in [0, 0.05) is 80.1 Å². The number of nitrogens with zero attached hydrogens (tertiary/aromatic N) is 1. The van der Waals surface area contributed by atoms with Crippen molar-refractivity contribution in [3.05, 3.63) is 48.6 Å². The van der Waals surface area contributed by atoms with E-state index in [-0.39, 0.29) is 99.4 Å². The summed E-state index contributed by atoms with van der Waals surface area (Å²) in [6, 6.07) is 8.15. The first-order chi connectivity index (χ1) is 18.7. The monoisotopic (exact) mass is 703 g/mol. The molecule has 0 atom stereocenters. The molecule has 14 heteroatoms. The number of carbonyl (C=O) groups excluding carboxylic acids is 1. The zero-order valence-corrected chi connectivity index (χ0v) is 27.0. The van der Waals surface area contributed by atoms with Crippen molar-refractivity contribution in [3.8, 4) is 5.75 Å². The van der Waals surface area contributed by atoms with Gasteiger partial charge >= 0.3 is 0 Å². The van der Waals surface area contributed by atoms with Crippen molar-refractivity contribution in [2.75, 3.05) is 25.9 Å². The molecule has 0 aliphatic rings. The number of hydrogen-bond donors (Lipinski definition) is 2. The molecular formula is C27H29MoN2O8S3-. The van der Waals surface area contributed by atoms with Crippen molar-refractivity contribution in [1.29, 1.82) is 0 Å². The van der Waals surface area contributed by atoms with E-state index in [1.165, 1.54) is 28.6 Å². The number of aromatic hydroxyl groups is 1. The molecule has 10 nitrogen and oxygen atoms in total. The number of rotatable bonds is 11. The summed E-state index contributed by atoms with van der Waals surface area (Å²) in [6.45, 7) is 7.47. The molecule has 0 radical (unpaired) electrons. The molecule has 4 rings (SSSR count). The molecule has 2 N–H and O–H groups in total. The van der Waals surface area contributed by atoms with Crippen LogP contribution in [0.2, 0.25) is 0 Å². The number of sulfone groups is 1. The second kappa shape index (κ2) is 12.3. The number of amides is 1. The number of benzene rings is 4. The van der Waals surface area contributed by atoms with Crippen molar-refractivity contribution in [2.24, 2.45) is 0 Å². The van der Waals surface area contributed by atoms with Crippen LogP contribution in [0.1, 0.15) is 26.7 Å². The van der Waals surface area contributed by atoms with Crippen LogP contribution in [-0.2, 0) is 64.8 Å². The Morgan fingerprint density at radius 2 is 1.51 bits per heavy atom. The predicted octanol–water partition coefficient (Wildman–Crippen LogP) is 3.84. The maximum Gasteiger partial charge on any atom is 0.246 e. The minimum absolute atomic E-state index is 0. The fourth-order valence-electron chi connectivity index (χ4n) is 4.89. The normalized spacial score (nSPS) is 12.4. The van der Waals surface area contributed by atoms with Gasteiger partial charge in [0.1, 0.15) is 5.75 Å². The Hall–Kier alpha value is -2.57. The number of hydrogen-bond acceptors (Lipinski definition) is 9. The van der Waals surface area contributed by atoms with Crippen molar-refractivity contribution >= 4 is 68.8 Å². The van der Waals surface area contributed by atoms with Crippen LogP contribution in [0.25, 0.3) is 32.3 Å². The molecule has 41 heavy (non-hydrogen) atoms. The van der Waals surface area contributed by atoms with Gasteiger partial charge in [0.25, 0.3) is 0 Å². The summed E-state index contributed by atoms with van der Waals surface area (Å²) in [5.74, 6) is -0.673. The summed E-state index contributed by atoms with van der Waals surface area (Å²) in [5, 5.41) is 15.0. The zero-order chi connectivity index (χ0) is 29.6. The van der Waals surface area contributed by atoms with E-state index in [0.717, 1.165) is 18.4 Å². The number of phenolic OH excluding ortho intramolecular Hbond substituents is 1. The van der Waals surface area contributed by atoms with Crippen LogP contribution in [0.3, 0.4) is 0 Å². The molecule has 0 spiro atoms. The molecule has 4 aromatic rings. The summed E-state index contributed by atoms with van der Waals surface area (Å²) in [4.78, 5) is 11.1. The van der Waals surface area contributed by atoms with Crippen LogP contribution in [0.4, 0.5) is 0 Å². The molecule has 0 fully saturated rings. The quantitative estimate of drug-likeness (QED) is 0.0787. The van der Waals surface area contributed by atoms with Crippen LogP contribution in [-0.4, -0.2) is 58.0 Å². The Labute approximate surface area is 254 Å². The topological polar surface area (TPSA) is 155 Å².